The lowest BCUT2D eigenvalue weighted by Crippen LogP contribution is -2.47. The second kappa shape index (κ2) is 7.26. The number of piperidine rings is 1. The molecule has 2 aliphatic heterocycles. The number of rotatable bonds is 3. The minimum atomic E-state index is 0.544. The van der Waals surface area contributed by atoms with Gasteiger partial charge in [-0.15, -0.1) is 0 Å². The number of anilines is 1. The Bertz CT molecular complexity index is 1370. The Balaban J connectivity index is 1.33. The van der Waals surface area contributed by atoms with E-state index in [1.165, 1.54) is 25.7 Å². The van der Waals surface area contributed by atoms with Crippen molar-refractivity contribution in [1.82, 2.24) is 24.6 Å². The van der Waals surface area contributed by atoms with Gasteiger partial charge in [-0.05, 0) is 50.9 Å². The summed E-state index contributed by atoms with van der Waals surface area (Å²) < 4.78 is 2.87. The molecule has 2 fully saturated rings. The third-order valence-electron chi connectivity index (χ3n) is 7.33. The second-order valence-corrected chi connectivity index (χ2v) is 10.2. The molecule has 0 spiro atoms. The highest BCUT2D eigenvalue weighted by atomic mass is 32.1. The van der Waals surface area contributed by atoms with Crippen molar-refractivity contribution < 1.29 is 0 Å². The van der Waals surface area contributed by atoms with Crippen LogP contribution in [0.4, 0.5) is 5.13 Å². The predicted molar refractivity (Wildman–Crippen MR) is 128 cm³/mol. The van der Waals surface area contributed by atoms with Gasteiger partial charge in [-0.1, -0.05) is 11.3 Å². The molecule has 7 nitrogen and oxygen atoms in total. The highest BCUT2D eigenvalue weighted by molar-refractivity contribution is 7.22. The number of benzene rings is 1. The Morgan fingerprint density at radius 1 is 1.16 bits per heavy atom. The summed E-state index contributed by atoms with van der Waals surface area (Å²) in [5.74, 6) is 0. The number of hydrogen-bond donors (Lipinski definition) is 0. The van der Waals surface area contributed by atoms with E-state index < -0.39 is 0 Å². The lowest BCUT2D eigenvalue weighted by atomic mass is 9.97. The molecule has 5 heterocycles. The molecule has 0 saturated carbocycles. The molecule has 0 radical (unpaired) electrons. The summed E-state index contributed by atoms with van der Waals surface area (Å²) in [6.45, 7) is 0. The maximum atomic E-state index is 9.60. The van der Waals surface area contributed by atoms with Crippen molar-refractivity contribution in [3.05, 3.63) is 36.2 Å². The SMILES string of the molecule is CN(c1nc2cnc(-c3cc(C#N)c4nn(C)cc4c3)cc2s1)C1C[C@H]2CC[C@@H](C1)N2C. The molecule has 8 heteroatoms. The average molecular weight is 444 g/mol. The molecule has 2 bridgehead atoms. The van der Waals surface area contributed by atoms with Crippen LogP contribution in [-0.2, 0) is 7.05 Å². The maximum Gasteiger partial charge on any atom is 0.186 e. The van der Waals surface area contributed by atoms with Crippen LogP contribution in [-0.4, -0.2) is 56.9 Å². The van der Waals surface area contributed by atoms with E-state index in [1.54, 1.807) is 16.0 Å². The van der Waals surface area contributed by atoms with Crippen LogP contribution >= 0.6 is 11.3 Å². The van der Waals surface area contributed by atoms with Gasteiger partial charge >= 0.3 is 0 Å². The first kappa shape index (κ1) is 19.6. The number of pyridine rings is 1. The lowest BCUT2D eigenvalue weighted by Gasteiger charge is -2.40. The fraction of sp³-hybridized carbons (Fsp3) is 0.417. The smallest absolute Gasteiger partial charge is 0.186 e. The second-order valence-electron chi connectivity index (χ2n) is 9.20. The van der Waals surface area contributed by atoms with Crippen LogP contribution in [0.15, 0.2) is 30.6 Å². The van der Waals surface area contributed by atoms with Gasteiger partial charge in [0.15, 0.2) is 5.13 Å². The van der Waals surface area contributed by atoms with Gasteiger partial charge in [0, 0.05) is 49.4 Å². The van der Waals surface area contributed by atoms with Gasteiger partial charge in [0.1, 0.15) is 17.1 Å². The third kappa shape index (κ3) is 3.07. The molecule has 1 aromatic carbocycles. The first-order valence-corrected chi connectivity index (χ1v) is 11.9. The zero-order valence-corrected chi connectivity index (χ0v) is 19.3. The molecule has 0 amide bonds. The molecule has 2 aliphatic rings. The van der Waals surface area contributed by atoms with Crippen molar-refractivity contribution in [3.63, 3.8) is 0 Å². The van der Waals surface area contributed by atoms with Crippen molar-refractivity contribution in [3.8, 4) is 17.3 Å². The zero-order valence-electron chi connectivity index (χ0n) is 18.5. The van der Waals surface area contributed by atoms with Gasteiger partial charge < -0.3 is 9.80 Å². The molecular weight excluding hydrogens is 418 g/mol. The van der Waals surface area contributed by atoms with Crippen LogP contribution in [0.5, 0.6) is 0 Å². The third-order valence-corrected chi connectivity index (χ3v) is 8.43. The van der Waals surface area contributed by atoms with Crippen LogP contribution in [0, 0.1) is 11.3 Å². The van der Waals surface area contributed by atoms with Gasteiger partial charge in [-0.3, -0.25) is 9.67 Å². The van der Waals surface area contributed by atoms with Crippen molar-refractivity contribution in [2.24, 2.45) is 7.05 Å². The summed E-state index contributed by atoms with van der Waals surface area (Å²) in [5.41, 5.74) is 4.02. The molecule has 32 heavy (non-hydrogen) atoms. The summed E-state index contributed by atoms with van der Waals surface area (Å²) in [5, 5.41) is 16.0. The van der Waals surface area contributed by atoms with Gasteiger partial charge in [0.25, 0.3) is 0 Å². The summed E-state index contributed by atoms with van der Waals surface area (Å²) >= 11 is 1.73. The van der Waals surface area contributed by atoms with E-state index in [4.69, 9.17) is 4.98 Å². The van der Waals surface area contributed by atoms with Crippen molar-refractivity contribution >= 4 is 37.6 Å². The Labute approximate surface area is 190 Å². The Morgan fingerprint density at radius 2 is 1.94 bits per heavy atom. The number of thiazole rings is 1. The minimum absolute atomic E-state index is 0.544. The van der Waals surface area contributed by atoms with E-state index in [0.29, 0.717) is 23.7 Å². The van der Waals surface area contributed by atoms with Crippen LogP contribution in [0.2, 0.25) is 0 Å². The van der Waals surface area contributed by atoms with E-state index in [9.17, 15) is 5.26 Å². The first-order chi connectivity index (χ1) is 15.5. The monoisotopic (exact) mass is 443 g/mol. The molecule has 162 valence electrons. The van der Waals surface area contributed by atoms with Crippen LogP contribution in [0.25, 0.3) is 32.4 Å². The van der Waals surface area contributed by atoms with Crippen molar-refractivity contribution in [2.45, 2.75) is 43.8 Å². The van der Waals surface area contributed by atoms with Gasteiger partial charge in [-0.2, -0.15) is 10.4 Å². The van der Waals surface area contributed by atoms with E-state index in [1.807, 2.05) is 25.5 Å². The maximum absolute atomic E-state index is 9.60. The summed E-state index contributed by atoms with van der Waals surface area (Å²) in [4.78, 5) is 14.5. The molecule has 6 rings (SSSR count). The summed E-state index contributed by atoms with van der Waals surface area (Å²) in [6.07, 6.45) is 8.87. The van der Waals surface area contributed by atoms with Crippen LogP contribution < -0.4 is 4.90 Å². The molecule has 2 saturated heterocycles. The highest BCUT2D eigenvalue weighted by Gasteiger charge is 2.40. The molecule has 3 aromatic heterocycles. The zero-order chi connectivity index (χ0) is 22.0. The highest BCUT2D eigenvalue weighted by Crippen LogP contribution is 2.39. The molecular formula is C24H25N7S. The number of hydrogen-bond acceptors (Lipinski definition) is 7. The predicted octanol–water partition coefficient (Wildman–Crippen LogP) is 4.18. The largest absolute Gasteiger partial charge is 0.348 e. The molecule has 0 aliphatic carbocycles. The quantitative estimate of drug-likeness (QED) is 0.473. The van der Waals surface area contributed by atoms with Crippen LogP contribution in [0.3, 0.4) is 0 Å². The Kier molecular flexibility index (Phi) is 4.46. The van der Waals surface area contributed by atoms with Gasteiger partial charge in [0.2, 0.25) is 0 Å². The average Bonchev–Trinajstić information content (AvgIpc) is 3.43. The lowest BCUT2D eigenvalue weighted by molar-refractivity contribution is 0.161. The van der Waals surface area contributed by atoms with Gasteiger partial charge in [0.05, 0.1) is 22.2 Å². The van der Waals surface area contributed by atoms with Crippen LogP contribution in [0.1, 0.15) is 31.2 Å². The van der Waals surface area contributed by atoms with E-state index in [-0.39, 0.29) is 0 Å². The number of aryl methyl sites for hydroxylation is 1. The van der Waals surface area contributed by atoms with Gasteiger partial charge in [-0.25, -0.2) is 4.98 Å². The molecule has 3 atom stereocenters. The normalized spacial score (nSPS) is 23.1. The topological polar surface area (TPSA) is 73.9 Å². The minimum Gasteiger partial charge on any atom is -0.348 e. The van der Waals surface area contributed by atoms with Crippen molar-refractivity contribution in [2.75, 3.05) is 19.0 Å². The fourth-order valence-electron chi connectivity index (χ4n) is 5.47. The van der Waals surface area contributed by atoms with E-state index in [0.717, 1.165) is 37.5 Å². The summed E-state index contributed by atoms with van der Waals surface area (Å²) in [6, 6.07) is 10.3. The number of fused-ring (bicyclic) bond motifs is 4. The van der Waals surface area contributed by atoms with E-state index in [2.05, 4.69) is 52.2 Å². The summed E-state index contributed by atoms with van der Waals surface area (Å²) in [7, 11) is 6.34. The van der Waals surface area contributed by atoms with Crippen molar-refractivity contribution in [1.29, 1.82) is 5.26 Å². The first-order valence-electron chi connectivity index (χ1n) is 11.1. The molecule has 0 N–H and O–H groups in total. The standard InChI is InChI=1S/C24H25N7S/c1-29-13-16-7-14(6-15(11-25)23(16)28-29)20-10-22-21(12-26-20)27-24(32-22)31(3)19-8-17-4-5-18(9-19)30(17)2/h6-7,10,12-13,17-19H,4-5,8-9H2,1-3H3/t17-,18+,19?. The molecule has 4 aromatic rings. The number of nitrogens with zero attached hydrogens (tertiary/aromatic N) is 7. The molecule has 1 unspecified atom stereocenters. The Morgan fingerprint density at radius 3 is 2.69 bits per heavy atom. The van der Waals surface area contributed by atoms with E-state index >= 15 is 0 Å². The Hall–Kier alpha value is -3.02. The number of nitriles is 1. The fourth-order valence-corrected chi connectivity index (χ4v) is 6.48. The number of aromatic nitrogens is 4.